The second-order valence-electron chi connectivity index (χ2n) is 6.40. The van der Waals surface area contributed by atoms with Crippen LogP contribution in [0.5, 0.6) is 0 Å². The smallest absolute Gasteiger partial charge is 0.225 e. The Labute approximate surface area is 123 Å². The Morgan fingerprint density at radius 3 is 2.37 bits per heavy atom. The number of carbonyl (C=O) groups excluding carboxylic acids is 1. The van der Waals surface area contributed by atoms with Crippen molar-refractivity contribution in [1.82, 2.24) is 4.90 Å². The van der Waals surface area contributed by atoms with Gasteiger partial charge in [0.05, 0.1) is 0 Å². The zero-order chi connectivity index (χ0) is 13.1. The first-order valence-corrected chi connectivity index (χ1v) is 7.60. The molecule has 19 heavy (non-hydrogen) atoms. The third-order valence-electron chi connectivity index (χ3n) is 5.16. The highest BCUT2D eigenvalue weighted by atomic mass is 35.5. The predicted molar refractivity (Wildman–Crippen MR) is 81.3 cm³/mol. The minimum atomic E-state index is 0. The van der Waals surface area contributed by atoms with Gasteiger partial charge in [0.1, 0.15) is 0 Å². The third kappa shape index (κ3) is 3.85. The summed E-state index contributed by atoms with van der Waals surface area (Å²) < 4.78 is 0. The van der Waals surface area contributed by atoms with E-state index in [0.717, 1.165) is 18.8 Å². The van der Waals surface area contributed by atoms with Crippen LogP contribution in [-0.4, -0.2) is 30.4 Å². The Kier molecular flexibility index (Phi) is 6.61. The Morgan fingerprint density at radius 1 is 1.16 bits per heavy atom. The molecule has 3 nitrogen and oxygen atoms in total. The molecule has 2 fully saturated rings. The summed E-state index contributed by atoms with van der Waals surface area (Å²) >= 11 is 0. The van der Waals surface area contributed by atoms with Gasteiger partial charge in [-0.1, -0.05) is 13.3 Å². The zero-order valence-corrected chi connectivity index (χ0v) is 13.1. The van der Waals surface area contributed by atoms with E-state index >= 15 is 0 Å². The van der Waals surface area contributed by atoms with Crippen LogP contribution in [0.15, 0.2) is 0 Å². The highest BCUT2D eigenvalue weighted by molar-refractivity contribution is 5.85. The summed E-state index contributed by atoms with van der Waals surface area (Å²) in [6.45, 7) is 2.99. The lowest BCUT2D eigenvalue weighted by Crippen LogP contribution is -2.44. The summed E-state index contributed by atoms with van der Waals surface area (Å²) in [5, 5.41) is 0. The normalized spacial score (nSPS) is 34.7. The molecule has 2 saturated carbocycles. The molecule has 2 aliphatic rings. The number of amides is 1. The van der Waals surface area contributed by atoms with Crippen molar-refractivity contribution in [1.29, 1.82) is 0 Å². The quantitative estimate of drug-likeness (QED) is 0.868. The molecule has 0 saturated heterocycles. The fourth-order valence-corrected chi connectivity index (χ4v) is 3.72. The van der Waals surface area contributed by atoms with Gasteiger partial charge in [-0.3, -0.25) is 4.79 Å². The van der Waals surface area contributed by atoms with Crippen molar-refractivity contribution >= 4 is 18.3 Å². The number of hydrogen-bond donors (Lipinski definition) is 1. The summed E-state index contributed by atoms with van der Waals surface area (Å²) in [4.78, 5) is 14.6. The Bertz CT molecular complexity index is 290. The second-order valence-corrected chi connectivity index (χ2v) is 6.40. The van der Waals surface area contributed by atoms with Crippen LogP contribution in [-0.2, 0) is 4.79 Å². The van der Waals surface area contributed by atoms with E-state index in [9.17, 15) is 4.79 Å². The Balaban J connectivity index is 0.00000180. The molecule has 0 spiro atoms. The summed E-state index contributed by atoms with van der Waals surface area (Å²) in [5.41, 5.74) is 5.79. The van der Waals surface area contributed by atoms with Crippen molar-refractivity contribution in [2.24, 2.45) is 23.5 Å². The molecule has 2 atom stereocenters. The van der Waals surface area contributed by atoms with Gasteiger partial charge in [-0.15, -0.1) is 12.4 Å². The molecular formula is C15H29ClN2O. The standard InChI is InChI=1S/C15H28N2O.ClH/c1-11-6-8-13(9-7-11)17(2)15(18)14-5-3-4-12(14)10-16;/h11-14H,3-10,16H2,1-2H3;1H/t11?,12-,13?,14-;/m1./s1. The van der Waals surface area contributed by atoms with E-state index in [0.29, 0.717) is 24.4 Å². The van der Waals surface area contributed by atoms with Crippen LogP contribution in [0.1, 0.15) is 51.9 Å². The highest BCUT2D eigenvalue weighted by Crippen LogP contribution is 2.34. The maximum Gasteiger partial charge on any atom is 0.225 e. The van der Waals surface area contributed by atoms with E-state index in [4.69, 9.17) is 5.73 Å². The Morgan fingerprint density at radius 2 is 1.79 bits per heavy atom. The minimum Gasteiger partial charge on any atom is -0.343 e. The van der Waals surface area contributed by atoms with Crippen molar-refractivity contribution in [2.45, 2.75) is 57.9 Å². The molecule has 112 valence electrons. The molecule has 4 heteroatoms. The SMILES string of the molecule is CC1CCC(N(C)C(=O)[C@@H]2CCC[C@@H]2CN)CC1.Cl. The van der Waals surface area contributed by atoms with Crippen LogP contribution in [0.2, 0.25) is 0 Å². The van der Waals surface area contributed by atoms with Crippen molar-refractivity contribution in [3.63, 3.8) is 0 Å². The van der Waals surface area contributed by atoms with Gasteiger partial charge in [0.2, 0.25) is 5.91 Å². The van der Waals surface area contributed by atoms with E-state index in [1.54, 1.807) is 0 Å². The monoisotopic (exact) mass is 288 g/mol. The molecule has 2 rings (SSSR count). The van der Waals surface area contributed by atoms with E-state index in [2.05, 4.69) is 6.92 Å². The molecule has 0 aromatic carbocycles. The van der Waals surface area contributed by atoms with Crippen LogP contribution in [0, 0.1) is 17.8 Å². The number of halogens is 1. The second kappa shape index (κ2) is 7.49. The highest BCUT2D eigenvalue weighted by Gasteiger charge is 2.36. The van der Waals surface area contributed by atoms with Gasteiger partial charge < -0.3 is 10.6 Å². The van der Waals surface area contributed by atoms with E-state index in [1.807, 2.05) is 11.9 Å². The maximum atomic E-state index is 12.6. The molecule has 0 bridgehead atoms. The molecular weight excluding hydrogens is 260 g/mol. The van der Waals surface area contributed by atoms with Gasteiger partial charge in [0.15, 0.2) is 0 Å². The van der Waals surface area contributed by atoms with E-state index < -0.39 is 0 Å². The van der Waals surface area contributed by atoms with Crippen LogP contribution >= 0.6 is 12.4 Å². The molecule has 0 radical (unpaired) electrons. The minimum absolute atomic E-state index is 0. The fraction of sp³-hybridized carbons (Fsp3) is 0.933. The van der Waals surface area contributed by atoms with Gasteiger partial charge in [-0.25, -0.2) is 0 Å². The summed E-state index contributed by atoms with van der Waals surface area (Å²) in [6.07, 6.45) is 8.28. The predicted octanol–water partition coefficient (Wildman–Crippen LogP) is 2.82. The average Bonchev–Trinajstić information content (AvgIpc) is 2.86. The third-order valence-corrected chi connectivity index (χ3v) is 5.16. The van der Waals surface area contributed by atoms with Gasteiger partial charge >= 0.3 is 0 Å². The average molecular weight is 289 g/mol. The molecule has 2 N–H and O–H groups in total. The summed E-state index contributed by atoms with van der Waals surface area (Å²) in [7, 11) is 2.01. The molecule has 0 heterocycles. The maximum absolute atomic E-state index is 12.6. The van der Waals surface area contributed by atoms with Crippen LogP contribution in [0.3, 0.4) is 0 Å². The van der Waals surface area contributed by atoms with Gasteiger partial charge in [-0.05, 0) is 56.9 Å². The summed E-state index contributed by atoms with van der Waals surface area (Å²) in [6, 6.07) is 0.479. The number of nitrogens with two attached hydrogens (primary N) is 1. The number of rotatable bonds is 3. The largest absolute Gasteiger partial charge is 0.343 e. The first-order chi connectivity index (χ1) is 8.63. The first-order valence-electron chi connectivity index (χ1n) is 7.60. The van der Waals surface area contributed by atoms with Crippen LogP contribution in [0.4, 0.5) is 0 Å². The van der Waals surface area contributed by atoms with Crippen molar-refractivity contribution in [3.8, 4) is 0 Å². The van der Waals surface area contributed by atoms with Gasteiger partial charge in [0.25, 0.3) is 0 Å². The molecule has 0 aliphatic heterocycles. The van der Waals surface area contributed by atoms with Crippen LogP contribution in [0.25, 0.3) is 0 Å². The Hall–Kier alpha value is -0.280. The zero-order valence-electron chi connectivity index (χ0n) is 12.3. The molecule has 0 aromatic heterocycles. The van der Waals surface area contributed by atoms with Crippen molar-refractivity contribution in [2.75, 3.05) is 13.6 Å². The van der Waals surface area contributed by atoms with E-state index in [1.165, 1.54) is 32.1 Å². The number of carbonyl (C=O) groups is 1. The molecule has 0 unspecified atom stereocenters. The first kappa shape index (κ1) is 16.8. The topological polar surface area (TPSA) is 46.3 Å². The summed E-state index contributed by atoms with van der Waals surface area (Å²) in [5.74, 6) is 1.84. The van der Waals surface area contributed by atoms with Crippen molar-refractivity contribution in [3.05, 3.63) is 0 Å². The molecule has 0 aromatic rings. The van der Waals surface area contributed by atoms with Crippen LogP contribution < -0.4 is 5.73 Å². The fourth-order valence-electron chi connectivity index (χ4n) is 3.72. The molecule has 2 aliphatic carbocycles. The lowest BCUT2D eigenvalue weighted by Gasteiger charge is -2.35. The van der Waals surface area contributed by atoms with Gasteiger partial charge in [-0.2, -0.15) is 0 Å². The lowest BCUT2D eigenvalue weighted by atomic mass is 9.86. The lowest BCUT2D eigenvalue weighted by molar-refractivity contribution is -0.138. The van der Waals surface area contributed by atoms with Crippen molar-refractivity contribution < 1.29 is 4.79 Å². The molecule has 1 amide bonds. The number of nitrogens with zero attached hydrogens (tertiary/aromatic N) is 1. The number of hydrogen-bond acceptors (Lipinski definition) is 2. The van der Waals surface area contributed by atoms with Gasteiger partial charge in [0, 0.05) is 19.0 Å². The van der Waals surface area contributed by atoms with E-state index in [-0.39, 0.29) is 18.3 Å².